The molecule has 0 saturated heterocycles. The molecule has 1 amide bonds. The van der Waals surface area contributed by atoms with Gasteiger partial charge in [0.1, 0.15) is 5.00 Å². The van der Waals surface area contributed by atoms with Crippen LogP contribution >= 0.6 is 11.3 Å². The normalized spacial score (nSPS) is 10.3. The third-order valence-corrected chi connectivity index (χ3v) is 3.66. The van der Waals surface area contributed by atoms with Gasteiger partial charge in [0.25, 0.3) is 0 Å². The summed E-state index contributed by atoms with van der Waals surface area (Å²) in [5, 5.41) is 5.75. The second kappa shape index (κ2) is 8.97. The smallest absolute Gasteiger partial charge is 0.412 e. The summed E-state index contributed by atoms with van der Waals surface area (Å²) in [7, 11) is 0. The average Bonchev–Trinajstić information content (AvgIpc) is 2.77. The molecule has 102 valence electrons. The topological polar surface area (TPSA) is 38.3 Å². The zero-order valence-electron chi connectivity index (χ0n) is 11.3. The molecule has 0 fully saturated rings. The third-order valence-electron chi connectivity index (χ3n) is 2.79. The molecule has 4 heteroatoms. The maximum absolute atomic E-state index is 11.4. The molecule has 0 unspecified atom stereocenters. The van der Waals surface area contributed by atoms with Gasteiger partial charge in [0.2, 0.25) is 0 Å². The van der Waals surface area contributed by atoms with Crippen LogP contribution in [0, 0.1) is 0 Å². The van der Waals surface area contributed by atoms with E-state index in [9.17, 15) is 4.79 Å². The van der Waals surface area contributed by atoms with E-state index >= 15 is 0 Å². The first kappa shape index (κ1) is 15.0. The molecular weight excluding hydrogens is 246 g/mol. The van der Waals surface area contributed by atoms with E-state index in [2.05, 4.69) is 18.3 Å². The molecule has 18 heavy (non-hydrogen) atoms. The number of unbranched alkanes of at least 4 members (excludes halogenated alkanes) is 4. The van der Waals surface area contributed by atoms with E-state index in [1.807, 2.05) is 12.3 Å². The fraction of sp³-hybridized carbons (Fsp3) is 0.643. The van der Waals surface area contributed by atoms with Crippen molar-refractivity contribution in [2.45, 2.75) is 52.4 Å². The number of hydrogen-bond donors (Lipinski definition) is 1. The highest BCUT2D eigenvalue weighted by molar-refractivity contribution is 7.14. The summed E-state index contributed by atoms with van der Waals surface area (Å²) in [6.07, 6.45) is 7.03. The quantitative estimate of drug-likeness (QED) is 0.686. The van der Waals surface area contributed by atoms with Crippen molar-refractivity contribution < 1.29 is 9.53 Å². The molecule has 0 aliphatic heterocycles. The number of thiophene rings is 1. The van der Waals surface area contributed by atoms with E-state index in [1.54, 1.807) is 11.3 Å². The minimum atomic E-state index is -0.354. The molecule has 0 spiro atoms. The van der Waals surface area contributed by atoms with Crippen molar-refractivity contribution in [2.75, 3.05) is 11.9 Å². The van der Waals surface area contributed by atoms with E-state index in [-0.39, 0.29) is 6.09 Å². The molecule has 0 saturated carbocycles. The lowest BCUT2D eigenvalue weighted by atomic mass is 10.1. The highest BCUT2D eigenvalue weighted by Crippen LogP contribution is 2.25. The Morgan fingerprint density at radius 2 is 2.06 bits per heavy atom. The van der Waals surface area contributed by atoms with Crippen LogP contribution in [0.5, 0.6) is 0 Å². The van der Waals surface area contributed by atoms with E-state index in [1.165, 1.54) is 37.7 Å². The first-order chi connectivity index (χ1) is 8.77. The molecule has 0 atom stereocenters. The molecule has 0 aromatic carbocycles. The Bertz CT molecular complexity index is 349. The van der Waals surface area contributed by atoms with Gasteiger partial charge in [-0.25, -0.2) is 4.79 Å². The van der Waals surface area contributed by atoms with E-state index in [0.717, 1.165) is 11.4 Å². The van der Waals surface area contributed by atoms with Gasteiger partial charge in [-0.05, 0) is 36.8 Å². The average molecular weight is 269 g/mol. The number of hydrogen-bond acceptors (Lipinski definition) is 3. The summed E-state index contributed by atoms with van der Waals surface area (Å²) in [6.45, 7) is 4.44. The highest BCUT2D eigenvalue weighted by Gasteiger charge is 2.08. The van der Waals surface area contributed by atoms with Gasteiger partial charge in [0.15, 0.2) is 0 Å². The molecule has 0 aliphatic carbocycles. The monoisotopic (exact) mass is 269 g/mol. The summed E-state index contributed by atoms with van der Waals surface area (Å²) < 4.78 is 4.88. The molecule has 3 nitrogen and oxygen atoms in total. The molecule has 1 heterocycles. The number of rotatable bonds is 8. The third kappa shape index (κ3) is 5.54. The Morgan fingerprint density at radius 3 is 2.78 bits per heavy atom. The van der Waals surface area contributed by atoms with E-state index in [4.69, 9.17) is 4.74 Å². The van der Waals surface area contributed by atoms with Gasteiger partial charge in [0.05, 0.1) is 6.61 Å². The van der Waals surface area contributed by atoms with Crippen LogP contribution in [-0.2, 0) is 11.2 Å². The predicted octanol–water partition coefficient (Wildman–Crippen LogP) is 4.83. The van der Waals surface area contributed by atoms with Crippen LogP contribution in [0.3, 0.4) is 0 Å². The zero-order valence-corrected chi connectivity index (χ0v) is 12.1. The molecule has 1 N–H and O–H groups in total. The van der Waals surface area contributed by atoms with Gasteiger partial charge in [-0.2, -0.15) is 0 Å². The first-order valence-corrected chi connectivity index (χ1v) is 7.66. The summed E-state index contributed by atoms with van der Waals surface area (Å²) in [5.74, 6) is 0. The summed E-state index contributed by atoms with van der Waals surface area (Å²) >= 11 is 1.56. The molecular formula is C14H23NO2S. The highest BCUT2D eigenvalue weighted by atomic mass is 32.1. The summed E-state index contributed by atoms with van der Waals surface area (Å²) in [6, 6.07) is 2.09. The number of aryl methyl sites for hydroxylation is 1. The Balaban J connectivity index is 2.33. The van der Waals surface area contributed by atoms with Gasteiger partial charge in [0, 0.05) is 0 Å². The Hall–Kier alpha value is -1.03. The van der Waals surface area contributed by atoms with Crippen LogP contribution in [0.4, 0.5) is 9.80 Å². The van der Waals surface area contributed by atoms with Crippen molar-refractivity contribution in [3.8, 4) is 0 Å². The van der Waals surface area contributed by atoms with Crippen LogP contribution in [-0.4, -0.2) is 12.7 Å². The van der Waals surface area contributed by atoms with Crippen LogP contribution in [0.15, 0.2) is 11.4 Å². The molecule has 0 aliphatic rings. The summed E-state index contributed by atoms with van der Waals surface area (Å²) in [4.78, 5) is 11.4. The Labute approximate surface area is 114 Å². The first-order valence-electron chi connectivity index (χ1n) is 6.78. The van der Waals surface area contributed by atoms with E-state index < -0.39 is 0 Å². The van der Waals surface area contributed by atoms with Crippen molar-refractivity contribution in [1.29, 1.82) is 0 Å². The summed E-state index contributed by atoms with van der Waals surface area (Å²) in [5.41, 5.74) is 1.23. The molecule has 0 bridgehead atoms. The van der Waals surface area contributed by atoms with Crippen molar-refractivity contribution in [3.05, 3.63) is 17.0 Å². The second-order valence-corrected chi connectivity index (χ2v) is 5.20. The van der Waals surface area contributed by atoms with Crippen LogP contribution in [0.25, 0.3) is 0 Å². The fourth-order valence-corrected chi connectivity index (χ4v) is 2.65. The zero-order chi connectivity index (χ0) is 13.2. The molecule has 1 aromatic rings. The maximum atomic E-state index is 11.4. The largest absolute Gasteiger partial charge is 0.450 e. The lowest BCUT2D eigenvalue weighted by Crippen LogP contribution is -2.13. The van der Waals surface area contributed by atoms with Gasteiger partial charge in [-0.1, -0.05) is 32.6 Å². The number of nitrogens with one attached hydrogen (secondary N) is 1. The molecule has 1 aromatic heterocycles. The SMILES string of the molecule is CCCCCCCc1ccsc1NC(=O)OCC. The number of carbonyl (C=O) groups excluding carboxylic acids is 1. The van der Waals surface area contributed by atoms with Gasteiger partial charge >= 0.3 is 6.09 Å². The standard InChI is InChI=1S/C14H23NO2S/c1-3-5-6-7-8-9-12-10-11-18-13(12)15-14(16)17-4-2/h10-11H,3-9H2,1-2H3,(H,15,16). The van der Waals surface area contributed by atoms with Gasteiger partial charge < -0.3 is 4.74 Å². The van der Waals surface area contributed by atoms with Gasteiger partial charge in [-0.3, -0.25) is 5.32 Å². The number of anilines is 1. The lowest BCUT2D eigenvalue weighted by Gasteiger charge is -2.06. The van der Waals surface area contributed by atoms with Crippen LogP contribution in [0.2, 0.25) is 0 Å². The van der Waals surface area contributed by atoms with Crippen molar-refractivity contribution in [3.63, 3.8) is 0 Å². The second-order valence-electron chi connectivity index (χ2n) is 4.28. The minimum Gasteiger partial charge on any atom is -0.450 e. The van der Waals surface area contributed by atoms with Crippen LogP contribution in [0.1, 0.15) is 51.5 Å². The van der Waals surface area contributed by atoms with Crippen molar-refractivity contribution >= 4 is 22.4 Å². The number of carbonyl (C=O) groups is 1. The number of ether oxygens (including phenoxy) is 1. The van der Waals surface area contributed by atoms with Crippen molar-refractivity contribution in [2.24, 2.45) is 0 Å². The predicted molar refractivity (Wildman–Crippen MR) is 77.4 cm³/mol. The van der Waals surface area contributed by atoms with Gasteiger partial charge in [-0.15, -0.1) is 11.3 Å². The fourth-order valence-electron chi connectivity index (χ4n) is 1.82. The Morgan fingerprint density at radius 1 is 1.28 bits per heavy atom. The Kier molecular flexibility index (Phi) is 7.49. The lowest BCUT2D eigenvalue weighted by molar-refractivity contribution is 0.168. The number of amides is 1. The van der Waals surface area contributed by atoms with E-state index in [0.29, 0.717) is 6.61 Å². The maximum Gasteiger partial charge on any atom is 0.412 e. The molecule has 1 rings (SSSR count). The van der Waals surface area contributed by atoms with Crippen LogP contribution < -0.4 is 5.32 Å². The van der Waals surface area contributed by atoms with Crippen molar-refractivity contribution in [1.82, 2.24) is 0 Å². The minimum absolute atomic E-state index is 0.354. The molecule has 0 radical (unpaired) electrons.